The summed E-state index contributed by atoms with van der Waals surface area (Å²) in [5.41, 5.74) is 13.3. The van der Waals surface area contributed by atoms with Crippen molar-refractivity contribution in [1.29, 1.82) is 0 Å². The Bertz CT molecular complexity index is 876. The molecule has 0 unspecified atom stereocenters. The van der Waals surface area contributed by atoms with Crippen LogP contribution in [0.25, 0.3) is 11.3 Å². The van der Waals surface area contributed by atoms with Crippen LogP contribution in [0.1, 0.15) is 42.6 Å². The van der Waals surface area contributed by atoms with Gasteiger partial charge in [0.05, 0.1) is 29.0 Å². The highest BCUT2D eigenvalue weighted by atomic mass is 35.5. The lowest BCUT2D eigenvalue weighted by atomic mass is 10.0. The van der Waals surface area contributed by atoms with Gasteiger partial charge >= 0.3 is 0 Å². The third-order valence-electron chi connectivity index (χ3n) is 5.29. The molecule has 2 aliphatic rings. The Hall–Kier alpha value is -2.34. The average molecular weight is 388 g/mol. The number of hydrogen-bond acceptors (Lipinski definition) is 4. The summed E-state index contributed by atoms with van der Waals surface area (Å²) >= 11 is 0. The Balaban J connectivity index is 0.00000210. The first kappa shape index (κ1) is 19.4. The maximum atomic E-state index is 12.6. The molecule has 2 heterocycles. The lowest BCUT2D eigenvalue weighted by Crippen LogP contribution is -2.23. The molecule has 2 aliphatic carbocycles. The molecule has 6 nitrogen and oxygen atoms in total. The first-order valence-corrected chi connectivity index (χ1v) is 9.25. The van der Waals surface area contributed by atoms with Crippen molar-refractivity contribution in [3.63, 3.8) is 0 Å². The van der Waals surface area contributed by atoms with Gasteiger partial charge in [-0.1, -0.05) is 0 Å². The Kier molecular flexibility index (Phi) is 5.29. The van der Waals surface area contributed by atoms with E-state index in [9.17, 15) is 4.79 Å². The lowest BCUT2D eigenvalue weighted by Gasteiger charge is -2.12. The summed E-state index contributed by atoms with van der Waals surface area (Å²) in [4.78, 5) is 17.2. The molecular formula is C20H26ClN5O. The molecule has 0 bridgehead atoms. The molecule has 1 amide bonds. The zero-order valence-corrected chi connectivity index (χ0v) is 16.7. The normalized spacial score (nSPS) is 15.8. The second-order valence-electron chi connectivity index (χ2n) is 7.57. The van der Waals surface area contributed by atoms with Crippen molar-refractivity contribution in [2.75, 3.05) is 5.32 Å². The first-order chi connectivity index (χ1) is 12.5. The molecule has 2 aromatic heterocycles. The maximum Gasteiger partial charge on any atom is 0.271 e. The number of carbonyl (C=O) groups is 1. The van der Waals surface area contributed by atoms with Crippen molar-refractivity contribution < 1.29 is 4.79 Å². The molecule has 27 heavy (non-hydrogen) atoms. The van der Waals surface area contributed by atoms with Crippen LogP contribution in [0.3, 0.4) is 0 Å². The van der Waals surface area contributed by atoms with Crippen LogP contribution in [-0.2, 0) is 4.79 Å². The molecule has 2 aromatic rings. The predicted octanol–water partition coefficient (Wildman–Crippen LogP) is 3.79. The Morgan fingerprint density at radius 3 is 2.30 bits per heavy atom. The van der Waals surface area contributed by atoms with Crippen LogP contribution in [0.5, 0.6) is 0 Å². The molecule has 0 spiro atoms. The second kappa shape index (κ2) is 7.35. The molecule has 0 atom stereocenters. The number of rotatable bonds is 5. The van der Waals surface area contributed by atoms with E-state index in [1.807, 2.05) is 26.8 Å². The van der Waals surface area contributed by atoms with Gasteiger partial charge in [0.1, 0.15) is 0 Å². The monoisotopic (exact) mass is 387 g/mol. The minimum Gasteiger partial charge on any atom is -0.394 e. The topological polar surface area (TPSA) is 96.7 Å². The van der Waals surface area contributed by atoms with Crippen molar-refractivity contribution in [3.05, 3.63) is 40.5 Å². The van der Waals surface area contributed by atoms with Crippen LogP contribution in [0, 0.1) is 32.6 Å². The SMILES string of the molecule is Cc1cc(NC(=O)C(N)=C(C2CC2)C2CC2)cnc1-c1c(C)n[nH]c1C.Cl. The van der Waals surface area contributed by atoms with Crippen molar-refractivity contribution in [2.24, 2.45) is 17.6 Å². The quantitative estimate of drug-likeness (QED) is 0.680. The number of hydrogen-bond donors (Lipinski definition) is 3. The zero-order chi connectivity index (χ0) is 18.4. The number of carbonyl (C=O) groups excluding carboxylic acids is 1. The fourth-order valence-corrected chi connectivity index (χ4v) is 3.70. The molecule has 0 aromatic carbocycles. The summed E-state index contributed by atoms with van der Waals surface area (Å²) in [6.45, 7) is 5.93. The largest absolute Gasteiger partial charge is 0.394 e. The van der Waals surface area contributed by atoms with Gasteiger partial charge in [0, 0.05) is 11.3 Å². The van der Waals surface area contributed by atoms with E-state index < -0.39 is 0 Å². The van der Waals surface area contributed by atoms with Gasteiger partial charge < -0.3 is 11.1 Å². The smallest absolute Gasteiger partial charge is 0.271 e. The summed E-state index contributed by atoms with van der Waals surface area (Å²) < 4.78 is 0. The molecule has 0 saturated heterocycles. The highest BCUT2D eigenvalue weighted by molar-refractivity contribution is 6.03. The summed E-state index contributed by atoms with van der Waals surface area (Å²) in [6.07, 6.45) is 6.35. The predicted molar refractivity (Wildman–Crippen MR) is 109 cm³/mol. The fourth-order valence-electron chi connectivity index (χ4n) is 3.70. The van der Waals surface area contributed by atoms with E-state index in [0.717, 1.165) is 28.2 Å². The number of nitrogens with one attached hydrogen (secondary N) is 2. The number of aromatic nitrogens is 3. The lowest BCUT2D eigenvalue weighted by molar-refractivity contribution is -0.113. The molecule has 0 radical (unpaired) electrons. The van der Waals surface area contributed by atoms with Crippen LogP contribution in [-0.4, -0.2) is 21.1 Å². The standard InChI is InChI=1S/C20H25N5O.ClH/c1-10-8-15(9-22-19(10)16-11(2)24-25-12(16)3)23-20(26)18(21)17(13-4-5-13)14-6-7-14;/h8-9,13-14H,4-7,21H2,1-3H3,(H,23,26)(H,24,25);1H. The highest BCUT2D eigenvalue weighted by Crippen LogP contribution is 2.49. The first-order valence-electron chi connectivity index (χ1n) is 9.25. The van der Waals surface area contributed by atoms with Crippen molar-refractivity contribution in [1.82, 2.24) is 15.2 Å². The van der Waals surface area contributed by atoms with Crippen LogP contribution < -0.4 is 11.1 Å². The van der Waals surface area contributed by atoms with Gasteiger partial charge in [0.2, 0.25) is 0 Å². The Labute approximate surface area is 165 Å². The van der Waals surface area contributed by atoms with Gasteiger partial charge in [-0.2, -0.15) is 5.10 Å². The number of halogens is 1. The van der Waals surface area contributed by atoms with Gasteiger partial charge in [-0.05, 0) is 75.5 Å². The molecule has 4 rings (SSSR count). The Morgan fingerprint density at radius 1 is 1.19 bits per heavy atom. The van der Waals surface area contributed by atoms with Crippen molar-refractivity contribution in [3.8, 4) is 11.3 Å². The van der Waals surface area contributed by atoms with E-state index in [1.165, 1.54) is 31.3 Å². The molecule has 7 heteroatoms. The summed E-state index contributed by atoms with van der Waals surface area (Å²) in [5, 5.41) is 10.1. The number of amides is 1. The van der Waals surface area contributed by atoms with E-state index in [0.29, 0.717) is 23.2 Å². The summed E-state index contributed by atoms with van der Waals surface area (Å²) in [7, 11) is 0. The minimum atomic E-state index is -0.205. The zero-order valence-electron chi connectivity index (χ0n) is 15.9. The van der Waals surface area contributed by atoms with Crippen molar-refractivity contribution in [2.45, 2.75) is 46.5 Å². The molecule has 2 fully saturated rings. The molecule has 2 saturated carbocycles. The van der Waals surface area contributed by atoms with Gasteiger partial charge in [-0.25, -0.2) is 0 Å². The van der Waals surface area contributed by atoms with Crippen LogP contribution >= 0.6 is 12.4 Å². The van der Waals surface area contributed by atoms with Gasteiger partial charge in [0.15, 0.2) is 0 Å². The highest BCUT2D eigenvalue weighted by Gasteiger charge is 2.39. The number of aromatic amines is 1. The number of H-pyrrole nitrogens is 1. The summed E-state index contributed by atoms with van der Waals surface area (Å²) in [6, 6.07) is 1.94. The van der Waals surface area contributed by atoms with E-state index in [2.05, 4.69) is 20.5 Å². The van der Waals surface area contributed by atoms with E-state index in [-0.39, 0.29) is 18.3 Å². The number of anilines is 1. The molecular weight excluding hydrogens is 362 g/mol. The van der Waals surface area contributed by atoms with Crippen LogP contribution in [0.2, 0.25) is 0 Å². The third-order valence-corrected chi connectivity index (χ3v) is 5.29. The molecule has 4 N–H and O–H groups in total. The average Bonchev–Trinajstić information content (AvgIpc) is 3.51. The van der Waals surface area contributed by atoms with E-state index >= 15 is 0 Å². The fraction of sp³-hybridized carbons (Fsp3) is 0.450. The van der Waals surface area contributed by atoms with Gasteiger partial charge in [-0.3, -0.25) is 14.9 Å². The number of allylic oxidation sites excluding steroid dienone is 1. The van der Waals surface area contributed by atoms with E-state index in [4.69, 9.17) is 5.73 Å². The number of nitrogens with zero attached hydrogens (tertiary/aromatic N) is 2. The number of pyridine rings is 1. The van der Waals surface area contributed by atoms with Gasteiger partial charge in [0.25, 0.3) is 5.91 Å². The van der Waals surface area contributed by atoms with E-state index in [1.54, 1.807) is 6.20 Å². The number of aryl methyl sites for hydroxylation is 3. The van der Waals surface area contributed by atoms with Crippen molar-refractivity contribution >= 4 is 24.0 Å². The third kappa shape index (κ3) is 3.86. The second-order valence-corrected chi connectivity index (χ2v) is 7.57. The maximum absolute atomic E-state index is 12.6. The van der Waals surface area contributed by atoms with Crippen LogP contribution in [0.4, 0.5) is 5.69 Å². The van der Waals surface area contributed by atoms with Crippen LogP contribution in [0.15, 0.2) is 23.5 Å². The minimum absolute atomic E-state index is 0. The number of nitrogens with two attached hydrogens (primary N) is 1. The molecule has 0 aliphatic heterocycles. The summed E-state index contributed by atoms with van der Waals surface area (Å²) in [5.74, 6) is 0.855. The Morgan fingerprint density at radius 2 is 1.81 bits per heavy atom. The van der Waals surface area contributed by atoms with Gasteiger partial charge in [-0.15, -0.1) is 12.4 Å². The molecule has 144 valence electrons.